The van der Waals surface area contributed by atoms with Crippen molar-refractivity contribution in [2.75, 3.05) is 42.9 Å². The fourth-order valence-electron chi connectivity index (χ4n) is 3.34. The Bertz CT molecular complexity index is 933. The van der Waals surface area contributed by atoms with E-state index in [4.69, 9.17) is 0 Å². The van der Waals surface area contributed by atoms with Crippen molar-refractivity contribution in [3.63, 3.8) is 0 Å². The standard InChI is InChI=1S/C21H23N5O/c1-2-25-11-13-26(14-12-25)17-9-7-16(8-10-17)23-21(27)20-15-22-18-5-3-4-6-19(18)24-20/h3-10,15H,2,11-14H2,1H3,(H,23,27). The molecule has 138 valence electrons. The van der Waals surface area contributed by atoms with Crippen LogP contribution >= 0.6 is 0 Å². The van der Waals surface area contributed by atoms with E-state index in [-0.39, 0.29) is 5.91 Å². The molecule has 0 aliphatic carbocycles. The average Bonchev–Trinajstić information content (AvgIpc) is 2.74. The zero-order valence-electron chi connectivity index (χ0n) is 15.4. The van der Waals surface area contributed by atoms with Crippen LogP contribution in [0.2, 0.25) is 0 Å². The molecule has 0 unspecified atom stereocenters. The monoisotopic (exact) mass is 361 g/mol. The van der Waals surface area contributed by atoms with Crippen molar-refractivity contribution >= 4 is 28.3 Å². The first kappa shape index (κ1) is 17.4. The molecular formula is C21H23N5O. The minimum absolute atomic E-state index is 0.252. The number of aromatic nitrogens is 2. The molecule has 0 saturated carbocycles. The maximum Gasteiger partial charge on any atom is 0.275 e. The summed E-state index contributed by atoms with van der Waals surface area (Å²) in [4.78, 5) is 26.0. The predicted octanol–water partition coefficient (Wildman–Crippen LogP) is 3.02. The molecule has 6 nitrogen and oxygen atoms in total. The number of fused-ring (bicyclic) bond motifs is 1. The smallest absolute Gasteiger partial charge is 0.275 e. The number of rotatable bonds is 4. The molecule has 1 saturated heterocycles. The summed E-state index contributed by atoms with van der Waals surface area (Å²) in [5.41, 5.74) is 3.75. The summed E-state index contributed by atoms with van der Waals surface area (Å²) >= 11 is 0. The van der Waals surface area contributed by atoms with Gasteiger partial charge in [-0.2, -0.15) is 0 Å². The van der Waals surface area contributed by atoms with Crippen LogP contribution in [0.5, 0.6) is 0 Å². The molecule has 3 aromatic rings. The van der Waals surface area contributed by atoms with E-state index in [1.165, 1.54) is 11.9 Å². The van der Waals surface area contributed by atoms with Crippen LogP contribution in [0.3, 0.4) is 0 Å². The van der Waals surface area contributed by atoms with Gasteiger partial charge < -0.3 is 15.1 Å². The number of anilines is 2. The molecule has 1 aliphatic heterocycles. The Labute approximate surface area is 158 Å². The summed E-state index contributed by atoms with van der Waals surface area (Å²) in [5, 5.41) is 2.90. The summed E-state index contributed by atoms with van der Waals surface area (Å²) < 4.78 is 0. The maximum atomic E-state index is 12.5. The number of para-hydroxylation sites is 2. The van der Waals surface area contributed by atoms with Gasteiger partial charge in [0.15, 0.2) is 0 Å². The van der Waals surface area contributed by atoms with Gasteiger partial charge in [0.25, 0.3) is 5.91 Å². The van der Waals surface area contributed by atoms with E-state index in [9.17, 15) is 4.79 Å². The van der Waals surface area contributed by atoms with Gasteiger partial charge in [-0.25, -0.2) is 4.98 Å². The van der Waals surface area contributed by atoms with Gasteiger partial charge in [-0.05, 0) is 42.9 Å². The average molecular weight is 361 g/mol. The number of hydrogen-bond donors (Lipinski definition) is 1. The largest absolute Gasteiger partial charge is 0.369 e. The highest BCUT2D eigenvalue weighted by Crippen LogP contribution is 2.20. The summed E-state index contributed by atoms with van der Waals surface area (Å²) in [6, 6.07) is 15.5. The molecule has 1 aromatic heterocycles. The molecule has 1 aliphatic rings. The number of hydrogen-bond acceptors (Lipinski definition) is 5. The fraction of sp³-hybridized carbons (Fsp3) is 0.286. The van der Waals surface area contributed by atoms with Crippen molar-refractivity contribution in [1.82, 2.24) is 14.9 Å². The maximum absolute atomic E-state index is 12.5. The molecule has 27 heavy (non-hydrogen) atoms. The number of benzene rings is 2. The Balaban J connectivity index is 1.42. The summed E-state index contributed by atoms with van der Waals surface area (Å²) in [5.74, 6) is -0.252. The van der Waals surface area contributed by atoms with E-state index in [0.29, 0.717) is 11.2 Å². The Kier molecular flexibility index (Phi) is 4.98. The van der Waals surface area contributed by atoms with Crippen molar-refractivity contribution in [1.29, 1.82) is 0 Å². The number of piperazine rings is 1. The van der Waals surface area contributed by atoms with Crippen LogP contribution in [-0.2, 0) is 0 Å². The molecule has 0 atom stereocenters. The first-order chi connectivity index (χ1) is 13.2. The highest BCUT2D eigenvalue weighted by Gasteiger charge is 2.16. The van der Waals surface area contributed by atoms with E-state index in [1.807, 2.05) is 36.4 Å². The molecular weight excluding hydrogens is 338 g/mol. The molecule has 2 aromatic carbocycles. The van der Waals surface area contributed by atoms with Crippen LogP contribution in [-0.4, -0.2) is 53.5 Å². The number of carbonyl (C=O) groups is 1. The van der Waals surface area contributed by atoms with Gasteiger partial charge >= 0.3 is 0 Å². The quantitative estimate of drug-likeness (QED) is 0.774. The number of likely N-dealkylation sites (N-methyl/N-ethyl adjacent to an activating group) is 1. The first-order valence-electron chi connectivity index (χ1n) is 9.33. The third-order valence-electron chi connectivity index (χ3n) is 4.99. The molecule has 0 bridgehead atoms. The lowest BCUT2D eigenvalue weighted by atomic mass is 10.2. The molecule has 6 heteroatoms. The van der Waals surface area contributed by atoms with Crippen LogP contribution in [0.1, 0.15) is 17.4 Å². The van der Waals surface area contributed by atoms with Crippen LogP contribution < -0.4 is 10.2 Å². The topological polar surface area (TPSA) is 61.4 Å². The molecule has 2 heterocycles. The Morgan fingerprint density at radius 2 is 1.70 bits per heavy atom. The Hall–Kier alpha value is -2.99. The van der Waals surface area contributed by atoms with Crippen molar-refractivity contribution in [3.8, 4) is 0 Å². The number of amides is 1. The molecule has 1 fully saturated rings. The van der Waals surface area contributed by atoms with Gasteiger partial charge in [-0.15, -0.1) is 0 Å². The summed E-state index contributed by atoms with van der Waals surface area (Å²) in [6.07, 6.45) is 1.51. The highest BCUT2D eigenvalue weighted by atomic mass is 16.1. The van der Waals surface area contributed by atoms with Crippen molar-refractivity contribution in [2.45, 2.75) is 6.92 Å². The van der Waals surface area contributed by atoms with Crippen molar-refractivity contribution in [3.05, 3.63) is 60.4 Å². The molecule has 0 radical (unpaired) electrons. The van der Waals surface area contributed by atoms with Crippen LogP contribution in [0.15, 0.2) is 54.7 Å². The molecule has 0 spiro atoms. The third-order valence-corrected chi connectivity index (χ3v) is 4.99. The van der Waals surface area contributed by atoms with Gasteiger partial charge in [0.05, 0.1) is 17.2 Å². The number of carbonyl (C=O) groups excluding carboxylic acids is 1. The van der Waals surface area contributed by atoms with Crippen molar-refractivity contribution in [2.24, 2.45) is 0 Å². The minimum Gasteiger partial charge on any atom is -0.369 e. The Morgan fingerprint density at radius 1 is 1.00 bits per heavy atom. The van der Waals surface area contributed by atoms with E-state index < -0.39 is 0 Å². The van der Waals surface area contributed by atoms with Crippen LogP contribution in [0, 0.1) is 0 Å². The lowest BCUT2D eigenvalue weighted by molar-refractivity contribution is 0.102. The SMILES string of the molecule is CCN1CCN(c2ccc(NC(=O)c3cnc4ccccc4n3)cc2)CC1. The zero-order valence-corrected chi connectivity index (χ0v) is 15.4. The Morgan fingerprint density at radius 3 is 2.41 bits per heavy atom. The van der Waals surface area contributed by atoms with E-state index in [2.05, 4.69) is 44.1 Å². The van der Waals surface area contributed by atoms with E-state index in [1.54, 1.807) is 0 Å². The van der Waals surface area contributed by atoms with Gasteiger partial charge in [0.1, 0.15) is 5.69 Å². The van der Waals surface area contributed by atoms with E-state index in [0.717, 1.165) is 43.9 Å². The fourth-order valence-corrected chi connectivity index (χ4v) is 3.34. The van der Waals surface area contributed by atoms with Crippen molar-refractivity contribution < 1.29 is 4.79 Å². The zero-order chi connectivity index (χ0) is 18.6. The molecule has 1 N–H and O–H groups in total. The predicted molar refractivity (Wildman–Crippen MR) is 108 cm³/mol. The van der Waals surface area contributed by atoms with Crippen LogP contribution in [0.25, 0.3) is 11.0 Å². The lowest BCUT2D eigenvalue weighted by Gasteiger charge is -2.35. The first-order valence-corrected chi connectivity index (χ1v) is 9.33. The molecule has 1 amide bonds. The van der Waals surface area contributed by atoms with Gasteiger partial charge in [0, 0.05) is 37.6 Å². The normalized spacial score (nSPS) is 15.1. The van der Waals surface area contributed by atoms with E-state index >= 15 is 0 Å². The third kappa shape index (κ3) is 3.90. The number of nitrogens with one attached hydrogen (secondary N) is 1. The van der Waals surface area contributed by atoms with Gasteiger partial charge in [-0.3, -0.25) is 9.78 Å². The lowest BCUT2D eigenvalue weighted by Crippen LogP contribution is -2.46. The van der Waals surface area contributed by atoms with Gasteiger partial charge in [0.2, 0.25) is 0 Å². The summed E-state index contributed by atoms with van der Waals surface area (Å²) in [7, 11) is 0. The minimum atomic E-state index is -0.252. The van der Waals surface area contributed by atoms with Crippen LogP contribution in [0.4, 0.5) is 11.4 Å². The highest BCUT2D eigenvalue weighted by molar-refractivity contribution is 6.03. The second-order valence-corrected chi connectivity index (χ2v) is 6.67. The second-order valence-electron chi connectivity index (χ2n) is 6.67. The molecule has 4 rings (SSSR count). The number of nitrogens with zero attached hydrogens (tertiary/aromatic N) is 4. The summed E-state index contributed by atoms with van der Waals surface area (Å²) in [6.45, 7) is 7.56. The second kappa shape index (κ2) is 7.72. The van der Waals surface area contributed by atoms with Gasteiger partial charge in [-0.1, -0.05) is 19.1 Å².